The van der Waals surface area contributed by atoms with Crippen LogP contribution in [0.5, 0.6) is 5.75 Å². The van der Waals surface area contributed by atoms with Crippen molar-refractivity contribution >= 4 is 51.4 Å². The third-order valence-corrected chi connectivity index (χ3v) is 6.69. The molecule has 0 atom stereocenters. The van der Waals surface area contributed by atoms with Crippen LogP contribution in [0.1, 0.15) is 21.5 Å². The van der Waals surface area contributed by atoms with Crippen molar-refractivity contribution in [2.45, 2.75) is 6.54 Å². The first-order valence-electron chi connectivity index (χ1n) is 11.2. The van der Waals surface area contributed by atoms with Gasteiger partial charge in [0.15, 0.2) is 0 Å². The highest BCUT2D eigenvalue weighted by Crippen LogP contribution is 2.35. The van der Waals surface area contributed by atoms with Gasteiger partial charge in [0.05, 0.1) is 21.9 Å². The van der Waals surface area contributed by atoms with Crippen LogP contribution in [0.3, 0.4) is 0 Å². The lowest BCUT2D eigenvalue weighted by Gasteiger charge is -2.12. The second-order valence-corrected chi connectivity index (χ2v) is 9.14. The first-order chi connectivity index (χ1) is 17.9. The Morgan fingerprint density at radius 1 is 0.919 bits per heavy atom. The largest absolute Gasteiger partial charge is 0.422 e. The Bertz CT molecular complexity index is 1590. The number of imide groups is 1. The van der Waals surface area contributed by atoms with Crippen molar-refractivity contribution in [1.29, 1.82) is 0 Å². The van der Waals surface area contributed by atoms with E-state index in [0.29, 0.717) is 16.7 Å². The minimum absolute atomic E-state index is 0.0162. The third-order valence-electron chi connectivity index (χ3n) is 5.78. The van der Waals surface area contributed by atoms with E-state index in [1.165, 1.54) is 30.3 Å². The summed E-state index contributed by atoms with van der Waals surface area (Å²) in [5.41, 5.74) is 1.39. The quantitative estimate of drug-likeness (QED) is 0.0999. The lowest BCUT2D eigenvalue weighted by molar-refractivity contribution is -0.384. The Hall–Kier alpha value is -4.76. The number of thioether (sulfide) groups is 1. The number of hydrogen-bond acceptors (Lipinski definition) is 7. The number of ether oxygens (including phenoxy) is 1. The average Bonchev–Trinajstić information content (AvgIpc) is 3.17. The number of nitro groups is 1. The van der Waals surface area contributed by atoms with Gasteiger partial charge in [-0.1, -0.05) is 66.7 Å². The molecule has 0 aliphatic carbocycles. The number of para-hydroxylation sites is 1. The Kier molecular flexibility index (Phi) is 6.53. The van der Waals surface area contributed by atoms with Crippen LogP contribution in [0.4, 0.5) is 10.5 Å². The van der Waals surface area contributed by atoms with E-state index in [4.69, 9.17) is 4.74 Å². The van der Waals surface area contributed by atoms with E-state index < -0.39 is 22.0 Å². The van der Waals surface area contributed by atoms with E-state index in [1.54, 1.807) is 36.4 Å². The molecular formula is C28H18N2O6S. The summed E-state index contributed by atoms with van der Waals surface area (Å²) in [6.45, 7) is -0.0162. The van der Waals surface area contributed by atoms with Gasteiger partial charge in [0.25, 0.3) is 16.8 Å². The predicted octanol–water partition coefficient (Wildman–Crippen LogP) is 6.20. The molecule has 0 aromatic heterocycles. The second-order valence-electron chi connectivity index (χ2n) is 8.15. The molecule has 0 bridgehead atoms. The smallest absolute Gasteiger partial charge is 0.344 e. The second kappa shape index (κ2) is 10.1. The molecule has 1 aliphatic heterocycles. The van der Waals surface area contributed by atoms with Crippen molar-refractivity contribution in [2.75, 3.05) is 0 Å². The van der Waals surface area contributed by atoms with Crippen LogP contribution in [0, 0.1) is 10.1 Å². The van der Waals surface area contributed by atoms with Crippen molar-refractivity contribution in [3.8, 4) is 5.75 Å². The Morgan fingerprint density at radius 2 is 1.62 bits per heavy atom. The molecule has 1 aliphatic rings. The van der Waals surface area contributed by atoms with Crippen molar-refractivity contribution in [2.24, 2.45) is 0 Å². The van der Waals surface area contributed by atoms with Gasteiger partial charge in [0.2, 0.25) is 0 Å². The monoisotopic (exact) mass is 510 g/mol. The maximum atomic E-state index is 13.0. The van der Waals surface area contributed by atoms with E-state index in [2.05, 4.69) is 0 Å². The SMILES string of the molecule is O=C(Oc1ccccc1/C=C1\SC(=O)N(Cc2ccc([N+](=O)[O-])cc2)C1=O)c1cccc2ccccc12. The van der Waals surface area contributed by atoms with Gasteiger partial charge in [-0.3, -0.25) is 24.6 Å². The number of carbonyl (C=O) groups is 3. The van der Waals surface area contributed by atoms with Gasteiger partial charge in [-0.15, -0.1) is 0 Å². The Morgan fingerprint density at radius 3 is 2.41 bits per heavy atom. The zero-order valence-corrected chi connectivity index (χ0v) is 20.0. The Labute approximate surface area is 215 Å². The summed E-state index contributed by atoms with van der Waals surface area (Å²) in [7, 11) is 0. The molecule has 2 amide bonds. The number of nitro benzene ring substituents is 1. The van der Waals surface area contributed by atoms with Crippen LogP contribution >= 0.6 is 11.8 Å². The van der Waals surface area contributed by atoms with Gasteiger partial charge in [0, 0.05) is 17.7 Å². The molecule has 0 unspecified atom stereocenters. The molecule has 1 fully saturated rings. The number of rotatable bonds is 6. The molecule has 4 aromatic rings. The molecule has 8 nitrogen and oxygen atoms in total. The molecule has 4 aromatic carbocycles. The molecule has 0 spiro atoms. The molecular weight excluding hydrogens is 492 g/mol. The summed E-state index contributed by atoms with van der Waals surface area (Å²) in [6.07, 6.45) is 1.52. The number of benzene rings is 4. The van der Waals surface area contributed by atoms with Crippen LogP contribution in [0.25, 0.3) is 16.8 Å². The van der Waals surface area contributed by atoms with Gasteiger partial charge in [-0.2, -0.15) is 0 Å². The topological polar surface area (TPSA) is 107 Å². The van der Waals surface area contributed by atoms with Gasteiger partial charge in [0.1, 0.15) is 5.75 Å². The zero-order valence-electron chi connectivity index (χ0n) is 19.2. The first kappa shape index (κ1) is 24.0. The van der Waals surface area contributed by atoms with E-state index in [0.717, 1.165) is 27.4 Å². The van der Waals surface area contributed by atoms with E-state index in [9.17, 15) is 24.5 Å². The standard InChI is InChI=1S/C28H18N2O6S/c31-26-25(37-28(33)29(26)17-18-12-14-21(15-13-18)30(34)35)16-20-7-2-4-11-24(20)36-27(32)23-10-5-8-19-6-1-3-9-22(19)23/h1-16H,17H2/b25-16-. The fraction of sp³-hybridized carbons (Fsp3) is 0.0357. The normalized spacial score (nSPS) is 14.4. The van der Waals surface area contributed by atoms with Crippen LogP contribution < -0.4 is 4.74 Å². The predicted molar refractivity (Wildman–Crippen MR) is 140 cm³/mol. The number of hydrogen-bond donors (Lipinski definition) is 0. The highest BCUT2D eigenvalue weighted by molar-refractivity contribution is 8.18. The molecule has 37 heavy (non-hydrogen) atoms. The molecule has 5 rings (SSSR count). The molecule has 182 valence electrons. The van der Waals surface area contributed by atoms with E-state index in [1.807, 2.05) is 30.3 Å². The number of amides is 2. The summed E-state index contributed by atoms with van der Waals surface area (Å²) in [5, 5.41) is 12.1. The lowest BCUT2D eigenvalue weighted by Crippen LogP contribution is -2.27. The minimum atomic E-state index is -0.538. The highest BCUT2D eigenvalue weighted by Gasteiger charge is 2.35. The third kappa shape index (κ3) is 4.98. The van der Waals surface area contributed by atoms with Crippen molar-refractivity contribution in [3.63, 3.8) is 0 Å². The summed E-state index contributed by atoms with van der Waals surface area (Å²) < 4.78 is 5.71. The van der Waals surface area contributed by atoms with Crippen LogP contribution in [-0.2, 0) is 11.3 Å². The zero-order chi connectivity index (χ0) is 25.9. The molecule has 1 saturated heterocycles. The fourth-order valence-corrected chi connectivity index (χ4v) is 4.76. The molecule has 0 radical (unpaired) electrons. The lowest BCUT2D eigenvalue weighted by atomic mass is 10.0. The number of carbonyl (C=O) groups excluding carboxylic acids is 3. The number of fused-ring (bicyclic) bond motifs is 1. The van der Waals surface area contributed by atoms with Crippen LogP contribution in [0.15, 0.2) is 95.9 Å². The summed E-state index contributed by atoms with van der Waals surface area (Å²) in [4.78, 5) is 50.2. The first-order valence-corrected chi connectivity index (χ1v) is 12.0. The van der Waals surface area contributed by atoms with Crippen molar-refractivity contribution in [3.05, 3.63) is 123 Å². The molecule has 1 heterocycles. The fourth-order valence-electron chi connectivity index (χ4n) is 3.93. The molecule has 0 N–H and O–H groups in total. The Balaban J connectivity index is 1.37. The van der Waals surface area contributed by atoms with E-state index in [-0.39, 0.29) is 22.9 Å². The summed E-state index contributed by atoms with van der Waals surface area (Å²) >= 11 is 0.780. The highest BCUT2D eigenvalue weighted by atomic mass is 32.2. The van der Waals surface area contributed by atoms with Gasteiger partial charge in [-0.05, 0) is 46.3 Å². The van der Waals surface area contributed by atoms with Gasteiger partial charge < -0.3 is 4.74 Å². The minimum Gasteiger partial charge on any atom is -0.422 e. The molecule has 0 saturated carbocycles. The van der Waals surface area contributed by atoms with Gasteiger partial charge >= 0.3 is 5.97 Å². The van der Waals surface area contributed by atoms with Crippen LogP contribution in [0.2, 0.25) is 0 Å². The summed E-state index contributed by atoms with van der Waals surface area (Å²) in [5.74, 6) is -0.782. The maximum absolute atomic E-state index is 13.0. The number of esters is 1. The van der Waals surface area contributed by atoms with Crippen LogP contribution in [-0.4, -0.2) is 26.9 Å². The molecule has 9 heteroatoms. The van der Waals surface area contributed by atoms with E-state index >= 15 is 0 Å². The summed E-state index contributed by atoms with van der Waals surface area (Å²) in [6, 6.07) is 25.3. The van der Waals surface area contributed by atoms with Crippen molar-refractivity contribution < 1.29 is 24.0 Å². The maximum Gasteiger partial charge on any atom is 0.344 e. The van der Waals surface area contributed by atoms with Gasteiger partial charge in [-0.25, -0.2) is 4.79 Å². The van der Waals surface area contributed by atoms with Crippen molar-refractivity contribution in [1.82, 2.24) is 4.90 Å². The average molecular weight is 511 g/mol. The number of non-ortho nitro benzene ring substituents is 1. The number of nitrogens with zero attached hydrogens (tertiary/aromatic N) is 2.